The number of carbonyl (C=O) groups is 1. The summed E-state index contributed by atoms with van der Waals surface area (Å²) in [6, 6.07) is 2.05. The molecule has 7 heteroatoms. The van der Waals surface area contributed by atoms with Crippen molar-refractivity contribution >= 4 is 39.2 Å². The van der Waals surface area contributed by atoms with Gasteiger partial charge in [-0.3, -0.25) is 0 Å². The highest BCUT2D eigenvalue weighted by Gasteiger charge is 2.12. The third-order valence-electron chi connectivity index (χ3n) is 2.03. The fourth-order valence-electron chi connectivity index (χ4n) is 1.08. The first-order valence-corrected chi connectivity index (χ1v) is 5.90. The smallest absolute Gasteiger partial charge is 0.321 e. The van der Waals surface area contributed by atoms with Crippen molar-refractivity contribution in [3.05, 3.63) is 27.4 Å². The number of rotatable bonds is 3. The van der Waals surface area contributed by atoms with Crippen LogP contribution in [0.5, 0.6) is 0 Å². The van der Waals surface area contributed by atoms with Crippen LogP contribution < -0.4 is 5.32 Å². The van der Waals surface area contributed by atoms with E-state index in [9.17, 15) is 9.18 Å². The molecule has 0 aliphatic carbocycles. The number of nitrogens with one attached hydrogen (secondary N) is 1. The summed E-state index contributed by atoms with van der Waals surface area (Å²) < 4.78 is 13.3. The average Bonchev–Trinajstić information content (AvgIpc) is 2.26. The lowest BCUT2D eigenvalue weighted by molar-refractivity contribution is 0.202. The third-order valence-corrected chi connectivity index (χ3v) is 2.95. The van der Waals surface area contributed by atoms with E-state index >= 15 is 0 Å². The van der Waals surface area contributed by atoms with Crippen molar-refractivity contribution in [2.45, 2.75) is 0 Å². The first kappa shape index (κ1) is 14.2. The van der Waals surface area contributed by atoms with Crippen LogP contribution in [-0.4, -0.2) is 36.2 Å². The average molecular weight is 326 g/mol. The number of nitrogens with zero attached hydrogens (tertiary/aromatic N) is 1. The third kappa shape index (κ3) is 3.83. The van der Waals surface area contributed by atoms with E-state index < -0.39 is 11.8 Å². The topological polar surface area (TPSA) is 52.6 Å². The first-order valence-electron chi connectivity index (χ1n) is 4.73. The minimum Gasteiger partial charge on any atom is -0.395 e. The van der Waals surface area contributed by atoms with Gasteiger partial charge >= 0.3 is 6.03 Å². The van der Waals surface area contributed by atoms with Gasteiger partial charge in [0.1, 0.15) is 5.82 Å². The van der Waals surface area contributed by atoms with E-state index in [1.807, 2.05) is 0 Å². The van der Waals surface area contributed by atoms with E-state index in [1.165, 1.54) is 18.0 Å². The number of hydrogen-bond acceptors (Lipinski definition) is 2. The summed E-state index contributed by atoms with van der Waals surface area (Å²) in [5, 5.41) is 11.3. The lowest BCUT2D eigenvalue weighted by Gasteiger charge is -2.17. The van der Waals surface area contributed by atoms with Crippen LogP contribution in [0.1, 0.15) is 0 Å². The van der Waals surface area contributed by atoms with E-state index in [-0.39, 0.29) is 22.6 Å². The molecule has 1 aromatic rings. The second-order valence-corrected chi connectivity index (χ2v) is 4.58. The van der Waals surface area contributed by atoms with Crippen molar-refractivity contribution in [3.8, 4) is 0 Å². The van der Waals surface area contributed by atoms with Crippen LogP contribution in [0.15, 0.2) is 16.6 Å². The van der Waals surface area contributed by atoms with Crippen LogP contribution >= 0.6 is 27.5 Å². The fraction of sp³-hybridized carbons (Fsp3) is 0.300. The second-order valence-electron chi connectivity index (χ2n) is 3.32. The van der Waals surface area contributed by atoms with Crippen molar-refractivity contribution in [1.82, 2.24) is 4.90 Å². The summed E-state index contributed by atoms with van der Waals surface area (Å²) in [4.78, 5) is 12.9. The molecule has 0 aliphatic rings. The predicted molar refractivity (Wildman–Crippen MR) is 67.8 cm³/mol. The maximum Gasteiger partial charge on any atom is 0.321 e. The second kappa shape index (κ2) is 6.18. The molecule has 2 N–H and O–H groups in total. The molecule has 0 radical (unpaired) electrons. The van der Waals surface area contributed by atoms with E-state index in [4.69, 9.17) is 16.7 Å². The zero-order valence-electron chi connectivity index (χ0n) is 9.01. The molecule has 17 heavy (non-hydrogen) atoms. The lowest BCUT2D eigenvalue weighted by Crippen LogP contribution is -2.33. The van der Waals surface area contributed by atoms with Gasteiger partial charge in [-0.2, -0.15) is 0 Å². The van der Waals surface area contributed by atoms with Crippen LogP contribution in [0, 0.1) is 5.82 Å². The molecular formula is C10H11BrClFN2O2. The molecule has 0 fully saturated rings. The number of benzene rings is 1. The van der Waals surface area contributed by atoms with Crippen LogP contribution in [-0.2, 0) is 0 Å². The van der Waals surface area contributed by atoms with Gasteiger partial charge in [0.15, 0.2) is 0 Å². The Morgan fingerprint density at radius 1 is 1.65 bits per heavy atom. The number of hydrogen-bond donors (Lipinski definition) is 2. The van der Waals surface area contributed by atoms with Gasteiger partial charge < -0.3 is 15.3 Å². The molecule has 4 nitrogen and oxygen atoms in total. The number of amides is 2. The van der Waals surface area contributed by atoms with Crippen LogP contribution in [0.4, 0.5) is 14.9 Å². The van der Waals surface area contributed by atoms with Gasteiger partial charge in [-0.25, -0.2) is 9.18 Å². The quantitative estimate of drug-likeness (QED) is 0.840. The van der Waals surface area contributed by atoms with Gasteiger partial charge in [-0.05, 0) is 28.1 Å². The fourth-order valence-corrected chi connectivity index (χ4v) is 1.62. The Hall–Kier alpha value is -0.850. The Labute approximate surface area is 111 Å². The van der Waals surface area contributed by atoms with Gasteiger partial charge in [-0.1, -0.05) is 11.6 Å². The summed E-state index contributed by atoms with van der Waals surface area (Å²) in [5.74, 6) is -0.503. The highest BCUT2D eigenvalue weighted by Crippen LogP contribution is 2.28. The number of likely N-dealkylation sites (N-methyl/N-ethyl adjacent to an activating group) is 1. The van der Waals surface area contributed by atoms with Crippen molar-refractivity contribution in [3.63, 3.8) is 0 Å². The summed E-state index contributed by atoms with van der Waals surface area (Å²) in [6.45, 7) is 0.0661. The maximum atomic E-state index is 13.1. The number of aliphatic hydroxyl groups excluding tert-OH is 1. The van der Waals surface area contributed by atoms with Gasteiger partial charge in [0.2, 0.25) is 0 Å². The molecule has 94 valence electrons. The van der Waals surface area contributed by atoms with Crippen LogP contribution in [0.25, 0.3) is 0 Å². The monoisotopic (exact) mass is 324 g/mol. The molecule has 0 bridgehead atoms. The van der Waals surface area contributed by atoms with Gasteiger partial charge in [0, 0.05) is 13.6 Å². The van der Waals surface area contributed by atoms with Crippen molar-refractivity contribution in [1.29, 1.82) is 0 Å². The first-order chi connectivity index (χ1) is 7.95. The van der Waals surface area contributed by atoms with E-state index in [0.717, 1.165) is 6.07 Å². The molecule has 2 amide bonds. The molecule has 1 aromatic carbocycles. The summed E-state index contributed by atoms with van der Waals surface area (Å²) in [6.07, 6.45) is 0. The Balaban J connectivity index is 2.81. The minimum absolute atomic E-state index is 0.108. The number of anilines is 1. The summed E-state index contributed by atoms with van der Waals surface area (Å²) >= 11 is 8.78. The molecule has 0 saturated carbocycles. The highest BCUT2D eigenvalue weighted by molar-refractivity contribution is 9.10. The van der Waals surface area contributed by atoms with Gasteiger partial charge in [0.05, 0.1) is 21.8 Å². The molecule has 0 aromatic heterocycles. The molecule has 0 aliphatic heterocycles. The molecule has 0 spiro atoms. The van der Waals surface area contributed by atoms with E-state index in [2.05, 4.69) is 21.2 Å². The largest absolute Gasteiger partial charge is 0.395 e. The van der Waals surface area contributed by atoms with Crippen LogP contribution in [0.3, 0.4) is 0 Å². The molecule has 1 rings (SSSR count). The van der Waals surface area contributed by atoms with Gasteiger partial charge in [0.25, 0.3) is 0 Å². The molecule has 0 heterocycles. The molecular weight excluding hydrogens is 314 g/mol. The highest BCUT2D eigenvalue weighted by atomic mass is 79.9. The SMILES string of the molecule is CN(CCO)C(=O)Nc1cc(Br)c(F)cc1Cl. The van der Waals surface area contributed by atoms with Crippen molar-refractivity contribution in [2.24, 2.45) is 0 Å². The number of halogens is 3. The predicted octanol–water partition coefficient (Wildman–Crippen LogP) is 2.70. The van der Waals surface area contributed by atoms with Crippen molar-refractivity contribution in [2.75, 3.05) is 25.5 Å². The number of urea groups is 1. The molecule has 0 atom stereocenters. The summed E-state index contributed by atoms with van der Waals surface area (Å²) in [5.41, 5.74) is 0.301. The normalized spacial score (nSPS) is 10.2. The van der Waals surface area contributed by atoms with Crippen molar-refractivity contribution < 1.29 is 14.3 Å². The Bertz CT molecular complexity index is 431. The minimum atomic E-state index is -0.503. The Morgan fingerprint density at radius 2 is 2.29 bits per heavy atom. The molecule has 0 unspecified atom stereocenters. The van der Waals surface area contributed by atoms with Gasteiger partial charge in [-0.15, -0.1) is 0 Å². The Kier molecular flexibility index (Phi) is 5.17. The van der Waals surface area contributed by atoms with E-state index in [1.54, 1.807) is 0 Å². The van der Waals surface area contributed by atoms with E-state index in [0.29, 0.717) is 5.69 Å². The zero-order chi connectivity index (χ0) is 13.0. The number of carbonyl (C=O) groups excluding carboxylic acids is 1. The Morgan fingerprint density at radius 3 is 2.88 bits per heavy atom. The zero-order valence-corrected chi connectivity index (χ0v) is 11.3. The molecule has 0 saturated heterocycles. The maximum absolute atomic E-state index is 13.1. The standard InChI is InChI=1S/C10H11BrClFN2O2/c1-15(2-3-16)10(17)14-9-4-6(11)8(13)5-7(9)12/h4-5,16H,2-3H2,1H3,(H,14,17). The summed E-state index contributed by atoms with van der Waals surface area (Å²) in [7, 11) is 1.53. The lowest BCUT2D eigenvalue weighted by atomic mass is 10.3. The number of aliphatic hydroxyl groups is 1. The van der Waals surface area contributed by atoms with Crippen LogP contribution in [0.2, 0.25) is 5.02 Å².